The number of hydrogen-bond acceptors (Lipinski definition) is 4. The lowest BCUT2D eigenvalue weighted by Crippen LogP contribution is -2.21. The summed E-state index contributed by atoms with van der Waals surface area (Å²) in [7, 11) is 0. The minimum absolute atomic E-state index is 0.120. The molecule has 26 heavy (non-hydrogen) atoms. The van der Waals surface area contributed by atoms with E-state index in [4.69, 9.17) is 10.00 Å². The van der Waals surface area contributed by atoms with Crippen LogP contribution in [0, 0.1) is 14.9 Å². The van der Waals surface area contributed by atoms with Gasteiger partial charge in [-0.05, 0) is 65.1 Å². The highest BCUT2D eigenvalue weighted by molar-refractivity contribution is 14.1. The van der Waals surface area contributed by atoms with E-state index >= 15 is 0 Å². The Kier molecular flexibility index (Phi) is 6.68. The number of nitrogens with one attached hydrogen (secondary N) is 1. The monoisotopic (exact) mass is 476 g/mol. The third kappa shape index (κ3) is 6.44. The Morgan fingerprint density at radius 2 is 1.85 bits per heavy atom. The minimum atomic E-state index is -4.51. The molecule has 9 heteroatoms. The molecule has 0 heterocycles. The molecule has 0 fully saturated rings. The smallest absolute Gasteiger partial charge is 0.422 e. The maximum Gasteiger partial charge on any atom is 0.422 e. The summed E-state index contributed by atoms with van der Waals surface area (Å²) in [6.45, 7) is -1.76. The van der Waals surface area contributed by atoms with Crippen molar-refractivity contribution in [3.05, 3.63) is 51.6 Å². The summed E-state index contributed by atoms with van der Waals surface area (Å²) in [5, 5.41) is 11.5. The molecule has 2 aromatic rings. The molecular formula is C17H12F3IN2O3. The van der Waals surface area contributed by atoms with E-state index in [1.807, 2.05) is 12.1 Å². The molecule has 0 atom stereocenters. The molecule has 1 N–H and O–H groups in total. The molecule has 2 aromatic carbocycles. The van der Waals surface area contributed by atoms with E-state index in [-0.39, 0.29) is 23.6 Å². The van der Waals surface area contributed by atoms with Gasteiger partial charge in [-0.2, -0.15) is 18.4 Å². The highest BCUT2D eigenvalue weighted by atomic mass is 127. The van der Waals surface area contributed by atoms with Gasteiger partial charge >= 0.3 is 6.18 Å². The number of carbonyl (C=O) groups excluding carboxylic acids is 1. The van der Waals surface area contributed by atoms with Crippen molar-refractivity contribution >= 4 is 34.2 Å². The Balaban J connectivity index is 1.95. The molecule has 1 amide bonds. The maximum atomic E-state index is 12.2. The molecule has 0 aliphatic rings. The number of nitrogens with zero attached hydrogens (tertiary/aromatic N) is 1. The average molecular weight is 476 g/mol. The Labute approximate surface area is 160 Å². The van der Waals surface area contributed by atoms with Crippen LogP contribution in [0.5, 0.6) is 11.5 Å². The van der Waals surface area contributed by atoms with Crippen LogP contribution in [0.4, 0.5) is 18.9 Å². The summed E-state index contributed by atoms with van der Waals surface area (Å²) in [6, 6.07) is 12.6. The van der Waals surface area contributed by atoms with Crippen LogP contribution in [0.15, 0.2) is 42.5 Å². The van der Waals surface area contributed by atoms with Gasteiger partial charge in [-0.25, -0.2) is 0 Å². The second kappa shape index (κ2) is 8.75. The Bertz CT molecular complexity index is 817. The zero-order chi connectivity index (χ0) is 19.2. The lowest BCUT2D eigenvalue weighted by molar-refractivity contribution is -0.153. The Hall–Kier alpha value is -2.48. The minimum Gasteiger partial charge on any atom is -0.484 e. The molecule has 0 radical (unpaired) electrons. The number of benzene rings is 2. The molecule has 0 bridgehead atoms. The van der Waals surface area contributed by atoms with Crippen molar-refractivity contribution in [2.75, 3.05) is 18.5 Å². The van der Waals surface area contributed by atoms with Crippen LogP contribution < -0.4 is 14.8 Å². The molecule has 0 spiro atoms. The van der Waals surface area contributed by atoms with Gasteiger partial charge in [0.15, 0.2) is 13.2 Å². The Morgan fingerprint density at radius 3 is 2.46 bits per heavy atom. The van der Waals surface area contributed by atoms with Gasteiger partial charge in [-0.15, -0.1) is 0 Å². The molecule has 2 rings (SSSR count). The molecule has 136 valence electrons. The molecular weight excluding hydrogens is 464 g/mol. The second-order valence-corrected chi connectivity index (χ2v) is 6.26. The summed E-state index contributed by atoms with van der Waals surface area (Å²) in [4.78, 5) is 11.9. The number of carbonyl (C=O) groups is 1. The van der Waals surface area contributed by atoms with E-state index in [0.29, 0.717) is 5.75 Å². The standard InChI is InChI=1S/C17H12F3IN2O3/c18-17(19,20)10-26-15-6-3-13(7-11(15)8-22)23-16(24)9-25-14-4-1-12(21)2-5-14/h1-7H,9-10H2,(H,23,24). The molecule has 0 aliphatic carbocycles. The lowest BCUT2D eigenvalue weighted by Gasteiger charge is -2.12. The number of nitriles is 1. The first kappa shape index (κ1) is 19.8. The normalized spacial score (nSPS) is 10.7. The van der Waals surface area contributed by atoms with Gasteiger partial charge < -0.3 is 14.8 Å². The SMILES string of the molecule is N#Cc1cc(NC(=O)COc2ccc(I)cc2)ccc1OCC(F)(F)F. The third-order valence-electron chi connectivity index (χ3n) is 2.96. The van der Waals surface area contributed by atoms with Crippen LogP contribution >= 0.6 is 22.6 Å². The summed E-state index contributed by atoms with van der Waals surface area (Å²) in [5.74, 6) is -0.163. The van der Waals surface area contributed by atoms with Crippen molar-refractivity contribution in [2.24, 2.45) is 0 Å². The predicted octanol–water partition coefficient (Wildman–Crippen LogP) is 4.12. The number of ether oxygens (including phenoxy) is 2. The van der Waals surface area contributed by atoms with E-state index in [1.54, 1.807) is 18.2 Å². The molecule has 0 aromatic heterocycles. The lowest BCUT2D eigenvalue weighted by atomic mass is 10.2. The van der Waals surface area contributed by atoms with Gasteiger partial charge in [-0.3, -0.25) is 4.79 Å². The summed E-state index contributed by atoms with van der Waals surface area (Å²) >= 11 is 2.14. The van der Waals surface area contributed by atoms with Crippen molar-refractivity contribution in [3.8, 4) is 17.6 Å². The van der Waals surface area contributed by atoms with E-state index in [9.17, 15) is 18.0 Å². The number of anilines is 1. The molecule has 5 nitrogen and oxygen atoms in total. The zero-order valence-corrected chi connectivity index (χ0v) is 15.3. The highest BCUT2D eigenvalue weighted by Crippen LogP contribution is 2.25. The number of hydrogen-bond donors (Lipinski definition) is 1. The number of rotatable bonds is 6. The van der Waals surface area contributed by atoms with Gasteiger partial charge in [0.1, 0.15) is 17.6 Å². The van der Waals surface area contributed by atoms with Crippen molar-refractivity contribution in [1.82, 2.24) is 0 Å². The number of halogens is 4. The number of amides is 1. The van der Waals surface area contributed by atoms with E-state index in [1.165, 1.54) is 18.2 Å². The van der Waals surface area contributed by atoms with Crippen LogP contribution in [0.2, 0.25) is 0 Å². The van der Waals surface area contributed by atoms with E-state index < -0.39 is 18.7 Å². The summed E-state index contributed by atoms with van der Waals surface area (Å²) in [6.07, 6.45) is -4.51. The summed E-state index contributed by atoms with van der Waals surface area (Å²) < 4.78 is 47.5. The van der Waals surface area contributed by atoms with Gasteiger partial charge in [0.2, 0.25) is 0 Å². The number of alkyl halides is 3. The van der Waals surface area contributed by atoms with Crippen LogP contribution in [-0.4, -0.2) is 25.3 Å². The third-order valence-corrected chi connectivity index (χ3v) is 3.68. The molecule has 0 saturated heterocycles. The van der Waals surface area contributed by atoms with Gasteiger partial charge in [0.05, 0.1) is 5.56 Å². The van der Waals surface area contributed by atoms with Crippen LogP contribution in [0.1, 0.15) is 5.56 Å². The molecule has 0 saturated carbocycles. The first-order chi connectivity index (χ1) is 12.3. The van der Waals surface area contributed by atoms with Crippen molar-refractivity contribution in [2.45, 2.75) is 6.18 Å². The first-order valence-corrected chi connectivity index (χ1v) is 8.26. The first-order valence-electron chi connectivity index (χ1n) is 7.19. The van der Waals surface area contributed by atoms with Crippen molar-refractivity contribution in [1.29, 1.82) is 5.26 Å². The van der Waals surface area contributed by atoms with Crippen LogP contribution in [0.25, 0.3) is 0 Å². The van der Waals surface area contributed by atoms with Gasteiger partial charge in [0, 0.05) is 9.26 Å². The average Bonchev–Trinajstić information content (AvgIpc) is 2.59. The van der Waals surface area contributed by atoms with Gasteiger partial charge in [-0.1, -0.05) is 0 Å². The maximum absolute atomic E-state index is 12.2. The summed E-state index contributed by atoms with van der Waals surface area (Å²) in [5.41, 5.74) is 0.128. The fraction of sp³-hybridized carbons (Fsp3) is 0.176. The molecule has 0 unspecified atom stereocenters. The zero-order valence-electron chi connectivity index (χ0n) is 13.1. The Morgan fingerprint density at radius 1 is 1.15 bits per heavy atom. The van der Waals surface area contributed by atoms with E-state index in [2.05, 4.69) is 32.6 Å². The highest BCUT2D eigenvalue weighted by Gasteiger charge is 2.28. The quantitative estimate of drug-likeness (QED) is 0.638. The fourth-order valence-corrected chi connectivity index (χ4v) is 2.22. The second-order valence-electron chi connectivity index (χ2n) is 5.02. The van der Waals surface area contributed by atoms with Crippen molar-refractivity contribution < 1.29 is 27.4 Å². The fourth-order valence-electron chi connectivity index (χ4n) is 1.86. The van der Waals surface area contributed by atoms with Crippen molar-refractivity contribution in [3.63, 3.8) is 0 Å². The largest absolute Gasteiger partial charge is 0.484 e. The molecule has 0 aliphatic heterocycles. The van der Waals surface area contributed by atoms with E-state index in [0.717, 1.165) is 3.57 Å². The topological polar surface area (TPSA) is 71.4 Å². The van der Waals surface area contributed by atoms with Crippen LogP contribution in [-0.2, 0) is 4.79 Å². The van der Waals surface area contributed by atoms with Crippen LogP contribution in [0.3, 0.4) is 0 Å². The van der Waals surface area contributed by atoms with Gasteiger partial charge in [0.25, 0.3) is 5.91 Å². The predicted molar refractivity (Wildman–Crippen MR) is 96.0 cm³/mol.